The quantitative estimate of drug-likeness (QED) is 0.545. The van der Waals surface area contributed by atoms with Crippen molar-refractivity contribution in [1.29, 1.82) is 0 Å². The van der Waals surface area contributed by atoms with Gasteiger partial charge in [-0.05, 0) is 5.92 Å². The van der Waals surface area contributed by atoms with Crippen molar-refractivity contribution in [3.05, 3.63) is 0 Å². The van der Waals surface area contributed by atoms with Crippen LogP contribution in [0.4, 0.5) is 0 Å². The molecule has 0 aromatic heterocycles. The van der Waals surface area contributed by atoms with Gasteiger partial charge in [-0.25, -0.2) is 0 Å². The zero-order chi connectivity index (χ0) is 6.91. The van der Waals surface area contributed by atoms with Gasteiger partial charge in [-0.2, -0.15) is 0 Å². The summed E-state index contributed by atoms with van der Waals surface area (Å²) in [5.41, 5.74) is -0.106. The Hall–Kier alpha value is -0.370. The number of carbonyl (C=O) groups is 1. The normalized spacial score (nSPS) is 21.1. The molecule has 0 aromatic rings. The van der Waals surface area contributed by atoms with Crippen LogP contribution >= 0.6 is 0 Å². The van der Waals surface area contributed by atoms with E-state index in [1.807, 2.05) is 13.8 Å². The Morgan fingerprint density at radius 3 is 2.22 bits per heavy atom. The minimum Gasteiger partial charge on any atom is -0.316 e. The van der Waals surface area contributed by atoms with E-state index < -0.39 is 0 Å². The van der Waals surface area contributed by atoms with E-state index in [0.29, 0.717) is 5.92 Å². The number of hydrogen-bond acceptors (Lipinski definition) is 2. The fraction of sp³-hybridized carbons (Fsp3) is 0.857. The summed E-state index contributed by atoms with van der Waals surface area (Å²) < 4.78 is 0. The van der Waals surface area contributed by atoms with Gasteiger partial charge in [-0.3, -0.25) is 0 Å². The molecule has 1 fully saturated rings. The molecule has 9 heavy (non-hydrogen) atoms. The minimum atomic E-state index is -0.106. The van der Waals surface area contributed by atoms with Crippen molar-refractivity contribution in [2.45, 2.75) is 13.8 Å². The molecule has 2 nitrogen and oxygen atoms in total. The Morgan fingerprint density at radius 2 is 2.11 bits per heavy atom. The van der Waals surface area contributed by atoms with E-state index in [-0.39, 0.29) is 5.41 Å². The summed E-state index contributed by atoms with van der Waals surface area (Å²) in [6, 6.07) is 0. The summed E-state index contributed by atoms with van der Waals surface area (Å²) in [6.07, 6.45) is 1.05. The first-order valence-electron chi connectivity index (χ1n) is 3.34. The Morgan fingerprint density at radius 1 is 1.56 bits per heavy atom. The van der Waals surface area contributed by atoms with Gasteiger partial charge >= 0.3 is 0 Å². The highest BCUT2D eigenvalue weighted by atomic mass is 16.1. The summed E-state index contributed by atoms with van der Waals surface area (Å²) in [7, 11) is 0. The van der Waals surface area contributed by atoms with E-state index in [1.165, 1.54) is 0 Å². The Kier molecular flexibility index (Phi) is 1.58. The topological polar surface area (TPSA) is 29.1 Å². The van der Waals surface area contributed by atoms with E-state index in [0.717, 1.165) is 19.4 Å². The molecule has 52 valence electrons. The Balaban J connectivity index is 2.46. The van der Waals surface area contributed by atoms with Crippen LogP contribution in [0.25, 0.3) is 0 Å². The van der Waals surface area contributed by atoms with Gasteiger partial charge in [0.2, 0.25) is 0 Å². The van der Waals surface area contributed by atoms with E-state index in [2.05, 4.69) is 5.32 Å². The molecule has 0 radical (unpaired) electrons. The highest BCUT2D eigenvalue weighted by Gasteiger charge is 2.33. The second-order valence-electron chi connectivity index (χ2n) is 3.29. The highest BCUT2D eigenvalue weighted by Crippen LogP contribution is 2.26. The maximum absolute atomic E-state index is 10.4. The van der Waals surface area contributed by atoms with Crippen LogP contribution in [0.2, 0.25) is 0 Å². The average Bonchev–Trinajstić information content (AvgIpc) is 1.60. The van der Waals surface area contributed by atoms with Crippen LogP contribution in [0.3, 0.4) is 0 Å². The van der Waals surface area contributed by atoms with Crippen molar-refractivity contribution in [2.24, 2.45) is 11.3 Å². The second kappa shape index (κ2) is 2.10. The maximum atomic E-state index is 10.4. The molecule has 0 atom stereocenters. The van der Waals surface area contributed by atoms with E-state index in [4.69, 9.17) is 0 Å². The lowest BCUT2D eigenvalue weighted by Gasteiger charge is -2.36. The zero-order valence-electron chi connectivity index (χ0n) is 5.98. The van der Waals surface area contributed by atoms with Crippen molar-refractivity contribution in [3.8, 4) is 0 Å². The van der Waals surface area contributed by atoms with Crippen LogP contribution in [0.1, 0.15) is 13.8 Å². The van der Waals surface area contributed by atoms with Crippen LogP contribution < -0.4 is 5.32 Å². The fourth-order valence-electron chi connectivity index (χ4n) is 0.911. The SMILES string of the molecule is CC(C)(C=O)C1CNC1. The molecule has 0 bridgehead atoms. The first-order valence-corrected chi connectivity index (χ1v) is 3.34. The lowest BCUT2D eigenvalue weighted by Crippen LogP contribution is -2.50. The average molecular weight is 127 g/mol. The summed E-state index contributed by atoms with van der Waals surface area (Å²) in [5.74, 6) is 0.565. The highest BCUT2D eigenvalue weighted by molar-refractivity contribution is 5.58. The largest absolute Gasteiger partial charge is 0.316 e. The van der Waals surface area contributed by atoms with Crippen LogP contribution in [-0.2, 0) is 4.79 Å². The summed E-state index contributed by atoms with van der Waals surface area (Å²) in [4.78, 5) is 10.4. The maximum Gasteiger partial charge on any atom is 0.125 e. The molecule has 0 saturated carbocycles. The third-order valence-electron chi connectivity index (χ3n) is 2.14. The number of hydrogen-bond donors (Lipinski definition) is 1. The van der Waals surface area contributed by atoms with Crippen molar-refractivity contribution in [2.75, 3.05) is 13.1 Å². The number of rotatable bonds is 2. The Bertz CT molecular complexity index is 116. The van der Waals surface area contributed by atoms with Crippen LogP contribution in [-0.4, -0.2) is 19.4 Å². The molecule has 0 aromatic carbocycles. The predicted octanol–water partition coefficient (Wildman–Crippen LogP) is 0.431. The van der Waals surface area contributed by atoms with Crippen LogP contribution in [0.15, 0.2) is 0 Å². The summed E-state index contributed by atoms with van der Waals surface area (Å²) in [6.45, 7) is 5.99. The first-order chi connectivity index (χ1) is 4.17. The van der Waals surface area contributed by atoms with Crippen molar-refractivity contribution < 1.29 is 4.79 Å². The molecule has 1 N–H and O–H groups in total. The lowest BCUT2D eigenvalue weighted by molar-refractivity contribution is -0.118. The van der Waals surface area contributed by atoms with Crippen molar-refractivity contribution >= 4 is 6.29 Å². The second-order valence-corrected chi connectivity index (χ2v) is 3.29. The van der Waals surface area contributed by atoms with Gasteiger partial charge in [0, 0.05) is 18.5 Å². The third kappa shape index (κ3) is 1.13. The van der Waals surface area contributed by atoms with Gasteiger partial charge in [0.15, 0.2) is 0 Å². The molecule has 0 spiro atoms. The molecule has 1 aliphatic rings. The van der Waals surface area contributed by atoms with E-state index >= 15 is 0 Å². The monoisotopic (exact) mass is 127 g/mol. The molecule has 0 amide bonds. The fourth-order valence-corrected chi connectivity index (χ4v) is 0.911. The number of carbonyl (C=O) groups excluding carboxylic acids is 1. The van der Waals surface area contributed by atoms with Gasteiger partial charge in [-0.1, -0.05) is 13.8 Å². The summed E-state index contributed by atoms with van der Waals surface area (Å²) >= 11 is 0. The molecule has 0 aliphatic carbocycles. The summed E-state index contributed by atoms with van der Waals surface area (Å²) in [5, 5.41) is 3.14. The van der Waals surface area contributed by atoms with Gasteiger partial charge < -0.3 is 10.1 Å². The van der Waals surface area contributed by atoms with Crippen LogP contribution in [0.5, 0.6) is 0 Å². The Labute approximate surface area is 55.6 Å². The van der Waals surface area contributed by atoms with Gasteiger partial charge in [0.05, 0.1) is 0 Å². The molecule has 1 aliphatic heterocycles. The molecule has 1 saturated heterocycles. The van der Waals surface area contributed by atoms with Gasteiger partial charge in [-0.15, -0.1) is 0 Å². The first kappa shape index (κ1) is 6.75. The number of aldehydes is 1. The van der Waals surface area contributed by atoms with Gasteiger partial charge in [0.1, 0.15) is 6.29 Å². The number of nitrogens with one attached hydrogen (secondary N) is 1. The molecule has 2 heteroatoms. The van der Waals surface area contributed by atoms with E-state index in [1.54, 1.807) is 0 Å². The molecule has 1 heterocycles. The van der Waals surface area contributed by atoms with Crippen molar-refractivity contribution in [1.82, 2.24) is 5.32 Å². The lowest BCUT2D eigenvalue weighted by atomic mass is 9.77. The van der Waals surface area contributed by atoms with Crippen LogP contribution in [0, 0.1) is 11.3 Å². The molecule has 0 unspecified atom stereocenters. The van der Waals surface area contributed by atoms with E-state index in [9.17, 15) is 4.79 Å². The minimum absolute atomic E-state index is 0.106. The van der Waals surface area contributed by atoms with Gasteiger partial charge in [0.25, 0.3) is 0 Å². The predicted molar refractivity (Wildman–Crippen MR) is 36.2 cm³/mol. The standard InChI is InChI=1S/C7H13NO/c1-7(2,5-9)6-3-8-4-6/h5-6,8H,3-4H2,1-2H3. The molecule has 1 rings (SSSR count). The molecular formula is C7H13NO. The van der Waals surface area contributed by atoms with Crippen molar-refractivity contribution in [3.63, 3.8) is 0 Å². The third-order valence-corrected chi connectivity index (χ3v) is 2.14. The zero-order valence-corrected chi connectivity index (χ0v) is 5.98. The molecular weight excluding hydrogens is 114 g/mol. The smallest absolute Gasteiger partial charge is 0.125 e.